The van der Waals surface area contributed by atoms with E-state index in [1.54, 1.807) is 42.7 Å². The molecule has 4 aromatic rings. The normalized spacial score (nSPS) is 18.9. The highest BCUT2D eigenvalue weighted by atomic mass is 32.2. The SMILES string of the molecule is COc1ccc(C)cc1[C@@]1(C(=O)NS(=O)(=O)c2cccc3nc(C)ccc23)C[C@H]1c1cnc(C(C)C)cn1. The van der Waals surface area contributed by atoms with E-state index in [4.69, 9.17) is 4.74 Å². The van der Waals surface area contributed by atoms with Gasteiger partial charge in [-0.25, -0.2) is 13.1 Å². The zero-order chi connectivity index (χ0) is 27.2. The standard InChI is InChI=1S/C29H30N4O4S/c1-17(2)24-15-31-25(16-30-24)22-14-29(22,21-13-18(3)9-12-26(21)37-5)28(34)33-38(35,36)27-8-6-7-23-20(27)11-10-19(4)32-23/h6-13,15-17,22H,14H2,1-5H3,(H,33,34)/t22-,29-/m0/s1. The van der Waals surface area contributed by atoms with Gasteiger partial charge in [0, 0.05) is 35.0 Å². The van der Waals surface area contributed by atoms with Crippen molar-refractivity contribution in [3.63, 3.8) is 0 Å². The third-order valence-electron chi connectivity index (χ3n) is 7.19. The minimum absolute atomic E-state index is 0.000449. The van der Waals surface area contributed by atoms with Gasteiger partial charge in [-0.2, -0.15) is 0 Å². The van der Waals surface area contributed by atoms with E-state index in [2.05, 4.69) is 19.7 Å². The van der Waals surface area contributed by atoms with Crippen LogP contribution in [0.4, 0.5) is 0 Å². The highest BCUT2D eigenvalue weighted by Gasteiger charge is 2.64. The van der Waals surface area contributed by atoms with Gasteiger partial charge in [0.25, 0.3) is 10.0 Å². The molecule has 1 amide bonds. The van der Waals surface area contributed by atoms with Crippen molar-refractivity contribution in [2.45, 2.75) is 56.3 Å². The third kappa shape index (κ3) is 4.41. The Morgan fingerprint density at radius 2 is 1.87 bits per heavy atom. The molecule has 1 saturated carbocycles. The quantitative estimate of drug-likeness (QED) is 0.369. The summed E-state index contributed by atoms with van der Waals surface area (Å²) in [6.07, 6.45) is 3.78. The molecule has 196 valence electrons. The van der Waals surface area contributed by atoms with Crippen LogP contribution in [0.25, 0.3) is 10.9 Å². The van der Waals surface area contributed by atoms with E-state index >= 15 is 0 Å². The molecule has 1 aliphatic carbocycles. The first-order valence-electron chi connectivity index (χ1n) is 12.5. The lowest BCUT2D eigenvalue weighted by atomic mass is 9.89. The molecule has 0 unspecified atom stereocenters. The number of aryl methyl sites for hydroxylation is 2. The molecule has 2 aromatic heterocycles. The second-order valence-corrected chi connectivity index (χ2v) is 11.8. The van der Waals surface area contributed by atoms with Crippen LogP contribution >= 0.6 is 0 Å². The molecule has 2 heterocycles. The molecule has 1 aliphatic rings. The van der Waals surface area contributed by atoms with Gasteiger partial charge in [0.2, 0.25) is 5.91 Å². The Labute approximate surface area is 222 Å². The average molecular weight is 531 g/mol. The molecule has 8 nitrogen and oxygen atoms in total. The molecule has 0 spiro atoms. The Kier molecular flexibility index (Phi) is 6.43. The van der Waals surface area contributed by atoms with Gasteiger partial charge in [0.05, 0.1) is 34.3 Å². The molecule has 1 N–H and O–H groups in total. The number of carbonyl (C=O) groups excluding carboxylic acids is 1. The Morgan fingerprint density at radius 3 is 2.55 bits per heavy atom. The van der Waals surface area contributed by atoms with E-state index in [-0.39, 0.29) is 16.7 Å². The van der Waals surface area contributed by atoms with Crippen molar-refractivity contribution in [2.75, 3.05) is 7.11 Å². The van der Waals surface area contributed by atoms with Crippen molar-refractivity contribution in [3.8, 4) is 5.75 Å². The average Bonchev–Trinajstić information content (AvgIpc) is 3.65. The monoisotopic (exact) mass is 530 g/mol. The van der Waals surface area contributed by atoms with E-state index in [0.717, 1.165) is 17.0 Å². The number of fused-ring (bicyclic) bond motifs is 1. The number of carbonyl (C=O) groups is 1. The smallest absolute Gasteiger partial charge is 0.264 e. The number of nitrogens with one attached hydrogen (secondary N) is 1. The fourth-order valence-corrected chi connectivity index (χ4v) is 6.27. The van der Waals surface area contributed by atoms with Crippen molar-refractivity contribution in [3.05, 3.63) is 89.1 Å². The van der Waals surface area contributed by atoms with Crippen LogP contribution in [0.2, 0.25) is 0 Å². The van der Waals surface area contributed by atoms with Crippen molar-refractivity contribution >= 4 is 26.8 Å². The van der Waals surface area contributed by atoms with E-state index in [9.17, 15) is 13.2 Å². The zero-order valence-electron chi connectivity index (χ0n) is 22.0. The summed E-state index contributed by atoms with van der Waals surface area (Å²) in [5.74, 6) is -0.260. The van der Waals surface area contributed by atoms with Gasteiger partial charge >= 0.3 is 0 Å². The lowest BCUT2D eigenvalue weighted by Crippen LogP contribution is -2.40. The summed E-state index contributed by atoms with van der Waals surface area (Å²) in [7, 11) is -2.68. The van der Waals surface area contributed by atoms with E-state index in [1.165, 1.54) is 13.2 Å². The number of methoxy groups -OCH3 is 1. The first-order valence-corrected chi connectivity index (χ1v) is 14.0. The van der Waals surface area contributed by atoms with Crippen molar-refractivity contribution in [1.82, 2.24) is 19.7 Å². The maximum atomic E-state index is 14.0. The first-order chi connectivity index (χ1) is 18.1. The first kappa shape index (κ1) is 25.8. The third-order valence-corrected chi connectivity index (χ3v) is 8.58. The maximum absolute atomic E-state index is 14.0. The summed E-state index contributed by atoms with van der Waals surface area (Å²) >= 11 is 0. The number of nitrogens with zero attached hydrogens (tertiary/aromatic N) is 3. The molecule has 0 bridgehead atoms. The number of sulfonamides is 1. The van der Waals surface area contributed by atoms with Crippen LogP contribution in [0.3, 0.4) is 0 Å². The van der Waals surface area contributed by atoms with E-state index in [0.29, 0.717) is 34.3 Å². The Hall–Kier alpha value is -3.85. The topological polar surface area (TPSA) is 111 Å². The van der Waals surface area contributed by atoms with Crippen LogP contribution in [0.15, 0.2) is 65.8 Å². The zero-order valence-corrected chi connectivity index (χ0v) is 22.8. The molecule has 9 heteroatoms. The number of hydrogen-bond acceptors (Lipinski definition) is 7. The summed E-state index contributed by atoms with van der Waals surface area (Å²) in [5.41, 5.74) is 3.17. The van der Waals surface area contributed by atoms with Crippen molar-refractivity contribution in [1.29, 1.82) is 0 Å². The summed E-state index contributed by atoms with van der Waals surface area (Å²) < 4.78 is 35.2. The number of benzene rings is 2. The Morgan fingerprint density at radius 1 is 1.08 bits per heavy atom. The largest absolute Gasteiger partial charge is 0.496 e. The highest BCUT2D eigenvalue weighted by molar-refractivity contribution is 7.90. The van der Waals surface area contributed by atoms with Crippen LogP contribution in [0.1, 0.15) is 60.3 Å². The number of pyridine rings is 1. The van der Waals surface area contributed by atoms with Crippen molar-refractivity contribution < 1.29 is 17.9 Å². The second-order valence-electron chi connectivity index (χ2n) is 10.2. The fraction of sp³-hybridized carbons (Fsp3) is 0.310. The second kappa shape index (κ2) is 9.47. The number of aromatic nitrogens is 3. The minimum Gasteiger partial charge on any atom is -0.496 e. The summed E-state index contributed by atoms with van der Waals surface area (Å²) in [6, 6.07) is 13.9. The predicted octanol–water partition coefficient (Wildman–Crippen LogP) is 4.70. The van der Waals surface area contributed by atoms with Gasteiger partial charge in [0.15, 0.2) is 0 Å². The molecule has 0 radical (unpaired) electrons. The Balaban J connectivity index is 1.58. The van der Waals surface area contributed by atoms with Gasteiger partial charge in [-0.15, -0.1) is 0 Å². The van der Waals surface area contributed by atoms with Crippen LogP contribution in [-0.4, -0.2) is 36.4 Å². The maximum Gasteiger partial charge on any atom is 0.264 e. The number of amides is 1. The summed E-state index contributed by atoms with van der Waals surface area (Å²) in [4.78, 5) is 27.6. The van der Waals surface area contributed by atoms with E-state index in [1.807, 2.05) is 39.8 Å². The van der Waals surface area contributed by atoms with Crippen molar-refractivity contribution in [2.24, 2.45) is 0 Å². The molecule has 5 rings (SSSR count). The Bertz CT molecular complexity index is 1650. The molecule has 0 saturated heterocycles. The van der Waals surface area contributed by atoms with Crippen LogP contribution < -0.4 is 9.46 Å². The van der Waals surface area contributed by atoms with Gasteiger partial charge in [0.1, 0.15) is 5.75 Å². The molecule has 1 fully saturated rings. The van der Waals surface area contributed by atoms with Gasteiger partial charge in [-0.05, 0) is 56.5 Å². The number of ether oxygens (including phenoxy) is 1. The molecule has 38 heavy (non-hydrogen) atoms. The number of rotatable bonds is 7. The van der Waals surface area contributed by atoms with Gasteiger partial charge in [-0.1, -0.05) is 37.6 Å². The fourth-order valence-electron chi connectivity index (χ4n) is 5.02. The summed E-state index contributed by atoms with van der Waals surface area (Å²) in [6.45, 7) is 7.83. The lowest BCUT2D eigenvalue weighted by molar-refractivity contribution is -0.122. The summed E-state index contributed by atoms with van der Waals surface area (Å²) in [5, 5.41) is 0.447. The van der Waals surface area contributed by atoms with Crippen LogP contribution in [0, 0.1) is 13.8 Å². The molecule has 2 atom stereocenters. The molecule has 2 aromatic carbocycles. The number of hydrogen-bond donors (Lipinski definition) is 1. The van der Waals surface area contributed by atoms with Gasteiger partial charge in [-0.3, -0.25) is 19.7 Å². The predicted molar refractivity (Wildman–Crippen MR) is 145 cm³/mol. The highest BCUT2D eigenvalue weighted by Crippen LogP contribution is 2.62. The molecular formula is C29H30N4O4S. The van der Waals surface area contributed by atoms with Crippen LogP contribution in [0.5, 0.6) is 5.75 Å². The lowest BCUT2D eigenvalue weighted by Gasteiger charge is -2.21. The van der Waals surface area contributed by atoms with Crippen LogP contribution in [-0.2, 0) is 20.2 Å². The van der Waals surface area contributed by atoms with Gasteiger partial charge < -0.3 is 4.74 Å². The molecule has 0 aliphatic heterocycles. The molecular weight excluding hydrogens is 500 g/mol. The minimum atomic E-state index is -4.22. The van der Waals surface area contributed by atoms with E-state index < -0.39 is 21.3 Å².